The number of hydrogen-bond acceptors (Lipinski definition) is 6. The summed E-state index contributed by atoms with van der Waals surface area (Å²) in [7, 11) is 0. The fourth-order valence-corrected chi connectivity index (χ4v) is 3.30. The quantitative estimate of drug-likeness (QED) is 0.406. The summed E-state index contributed by atoms with van der Waals surface area (Å²) in [5, 5.41) is 14.2. The first kappa shape index (κ1) is 20.7. The number of phenolic OH excluding ortho intramolecular Hbond substituents is 1. The maximum atomic E-state index is 12.2. The molecule has 2 heterocycles. The third-order valence-corrected chi connectivity index (χ3v) is 4.87. The number of amides is 1. The lowest BCUT2D eigenvalue weighted by atomic mass is 10.1. The highest BCUT2D eigenvalue weighted by molar-refractivity contribution is 5.86. The molecule has 0 unspecified atom stereocenters. The molecular weight excluding hydrogens is 366 g/mol. The molecule has 1 fully saturated rings. The van der Waals surface area contributed by atoms with Gasteiger partial charge in [-0.05, 0) is 29.7 Å². The molecule has 0 radical (unpaired) electrons. The summed E-state index contributed by atoms with van der Waals surface area (Å²) in [6.45, 7) is 8.36. The van der Waals surface area contributed by atoms with Crippen LogP contribution >= 0.6 is 0 Å². The Morgan fingerprint density at radius 2 is 2.00 bits per heavy atom. The number of aromatic nitrogens is 1. The van der Waals surface area contributed by atoms with Crippen LogP contribution in [0.1, 0.15) is 16.7 Å². The van der Waals surface area contributed by atoms with Crippen molar-refractivity contribution >= 4 is 12.1 Å². The van der Waals surface area contributed by atoms with Crippen molar-refractivity contribution in [2.24, 2.45) is 5.10 Å². The van der Waals surface area contributed by atoms with Gasteiger partial charge in [-0.15, -0.1) is 6.58 Å². The molecule has 2 aromatic rings. The van der Waals surface area contributed by atoms with E-state index >= 15 is 0 Å². The second-order valence-corrected chi connectivity index (χ2v) is 7.05. The summed E-state index contributed by atoms with van der Waals surface area (Å²) in [6.07, 6.45) is 7.44. The fourth-order valence-electron chi connectivity index (χ4n) is 3.30. The second-order valence-electron chi connectivity index (χ2n) is 7.05. The lowest BCUT2D eigenvalue weighted by Crippen LogP contribution is -2.48. The van der Waals surface area contributed by atoms with Crippen LogP contribution in [-0.2, 0) is 17.8 Å². The van der Waals surface area contributed by atoms with Crippen molar-refractivity contribution in [1.29, 1.82) is 0 Å². The van der Waals surface area contributed by atoms with E-state index in [0.717, 1.165) is 38.3 Å². The van der Waals surface area contributed by atoms with Gasteiger partial charge in [0.1, 0.15) is 5.75 Å². The minimum atomic E-state index is -0.163. The number of benzene rings is 1. The van der Waals surface area contributed by atoms with Gasteiger partial charge >= 0.3 is 0 Å². The van der Waals surface area contributed by atoms with Crippen LogP contribution < -0.4 is 5.43 Å². The van der Waals surface area contributed by atoms with Crippen LogP contribution in [0.15, 0.2) is 60.5 Å². The van der Waals surface area contributed by atoms with E-state index in [4.69, 9.17) is 0 Å². The second kappa shape index (κ2) is 10.5. The zero-order valence-corrected chi connectivity index (χ0v) is 16.5. The minimum Gasteiger partial charge on any atom is -0.507 e. The predicted octanol–water partition coefficient (Wildman–Crippen LogP) is 1.78. The Hall–Kier alpha value is -3.03. The molecule has 3 rings (SSSR count). The van der Waals surface area contributed by atoms with Crippen LogP contribution in [0.3, 0.4) is 0 Å². The van der Waals surface area contributed by atoms with Crippen molar-refractivity contribution in [3.05, 3.63) is 72.1 Å². The van der Waals surface area contributed by atoms with Crippen molar-refractivity contribution in [3.63, 3.8) is 0 Å². The van der Waals surface area contributed by atoms with E-state index in [2.05, 4.69) is 38.0 Å². The van der Waals surface area contributed by atoms with E-state index in [1.54, 1.807) is 18.3 Å². The number of allylic oxidation sites excluding steroid dienone is 1. The van der Waals surface area contributed by atoms with Crippen LogP contribution in [0.5, 0.6) is 5.75 Å². The molecule has 0 saturated carbocycles. The van der Waals surface area contributed by atoms with E-state index in [1.165, 1.54) is 11.8 Å². The molecule has 1 aromatic heterocycles. The highest BCUT2D eigenvalue weighted by Gasteiger charge is 2.18. The van der Waals surface area contributed by atoms with Gasteiger partial charge in [0.15, 0.2) is 0 Å². The Morgan fingerprint density at radius 1 is 1.21 bits per heavy atom. The molecule has 0 bridgehead atoms. The molecule has 1 aromatic carbocycles. The SMILES string of the molecule is C=CCc1cccc(C=NNC(=O)CN2CCN(Cc3cccnc3)CC2)c1O. The maximum absolute atomic E-state index is 12.2. The van der Waals surface area contributed by atoms with E-state index in [1.807, 2.05) is 24.4 Å². The third kappa shape index (κ3) is 6.23. The summed E-state index contributed by atoms with van der Waals surface area (Å²) in [5.41, 5.74) is 5.09. The fraction of sp³-hybridized carbons (Fsp3) is 0.318. The number of hydrazone groups is 1. The predicted molar refractivity (Wildman–Crippen MR) is 114 cm³/mol. The van der Waals surface area contributed by atoms with Crippen molar-refractivity contribution < 1.29 is 9.90 Å². The molecule has 1 saturated heterocycles. The highest BCUT2D eigenvalue weighted by Crippen LogP contribution is 2.21. The van der Waals surface area contributed by atoms with Crippen molar-refractivity contribution in [2.75, 3.05) is 32.7 Å². The molecule has 152 valence electrons. The van der Waals surface area contributed by atoms with Crippen LogP contribution in [0.2, 0.25) is 0 Å². The molecule has 1 aliphatic rings. The van der Waals surface area contributed by atoms with Crippen molar-refractivity contribution in [1.82, 2.24) is 20.2 Å². The van der Waals surface area contributed by atoms with Gasteiger partial charge in [-0.2, -0.15) is 5.10 Å². The average molecular weight is 393 g/mol. The first-order chi connectivity index (χ1) is 14.2. The van der Waals surface area contributed by atoms with Gasteiger partial charge in [0.2, 0.25) is 0 Å². The molecule has 0 spiro atoms. The number of phenols is 1. The van der Waals surface area contributed by atoms with Crippen molar-refractivity contribution in [2.45, 2.75) is 13.0 Å². The lowest BCUT2D eigenvalue weighted by Gasteiger charge is -2.34. The first-order valence-electron chi connectivity index (χ1n) is 9.73. The van der Waals surface area contributed by atoms with Gasteiger partial charge in [-0.25, -0.2) is 5.43 Å². The Kier molecular flexibility index (Phi) is 7.49. The van der Waals surface area contributed by atoms with E-state index in [0.29, 0.717) is 18.5 Å². The van der Waals surface area contributed by atoms with Crippen LogP contribution in [0, 0.1) is 0 Å². The number of pyridine rings is 1. The topological polar surface area (TPSA) is 81.1 Å². The average Bonchev–Trinajstić information content (AvgIpc) is 2.73. The number of para-hydroxylation sites is 1. The number of hydrogen-bond donors (Lipinski definition) is 2. The summed E-state index contributed by atoms with van der Waals surface area (Å²) >= 11 is 0. The zero-order chi connectivity index (χ0) is 20.5. The standard InChI is InChI=1S/C22H27N5O2/c1-2-5-19-7-3-8-20(22(19)29)15-24-25-21(28)17-27-12-10-26(11-13-27)16-18-6-4-9-23-14-18/h2-4,6-9,14-15,29H,1,5,10-13,16-17H2,(H,25,28). The molecule has 0 aliphatic carbocycles. The van der Waals surface area contributed by atoms with Gasteiger partial charge < -0.3 is 5.11 Å². The molecular formula is C22H27N5O2. The normalized spacial score (nSPS) is 15.4. The largest absolute Gasteiger partial charge is 0.507 e. The number of nitrogens with zero attached hydrogens (tertiary/aromatic N) is 4. The van der Waals surface area contributed by atoms with Gasteiger partial charge in [0.25, 0.3) is 5.91 Å². The number of carbonyl (C=O) groups excluding carboxylic acids is 1. The maximum Gasteiger partial charge on any atom is 0.254 e. The summed E-state index contributed by atoms with van der Waals surface area (Å²) < 4.78 is 0. The van der Waals surface area contributed by atoms with Gasteiger partial charge in [0, 0.05) is 50.7 Å². The summed E-state index contributed by atoms with van der Waals surface area (Å²) in [4.78, 5) is 20.8. The first-order valence-corrected chi connectivity index (χ1v) is 9.73. The molecule has 1 aliphatic heterocycles. The van der Waals surface area contributed by atoms with E-state index in [9.17, 15) is 9.90 Å². The Morgan fingerprint density at radius 3 is 2.72 bits per heavy atom. The summed E-state index contributed by atoms with van der Waals surface area (Å²) in [6, 6.07) is 9.45. The number of rotatable bonds is 8. The minimum absolute atomic E-state index is 0.162. The molecule has 29 heavy (non-hydrogen) atoms. The van der Waals surface area contributed by atoms with Gasteiger partial charge in [-0.3, -0.25) is 19.6 Å². The smallest absolute Gasteiger partial charge is 0.254 e. The Labute approximate surface area is 171 Å². The molecule has 2 N–H and O–H groups in total. The molecule has 0 atom stereocenters. The number of nitrogens with one attached hydrogen (secondary N) is 1. The van der Waals surface area contributed by atoms with Crippen LogP contribution in [-0.4, -0.2) is 64.7 Å². The molecule has 7 nitrogen and oxygen atoms in total. The molecule has 7 heteroatoms. The monoisotopic (exact) mass is 393 g/mol. The van der Waals surface area contributed by atoms with Gasteiger partial charge in [0.05, 0.1) is 12.8 Å². The molecule has 1 amide bonds. The lowest BCUT2D eigenvalue weighted by molar-refractivity contribution is -0.122. The highest BCUT2D eigenvalue weighted by atomic mass is 16.3. The van der Waals surface area contributed by atoms with E-state index < -0.39 is 0 Å². The Balaban J connectivity index is 1.42. The number of aromatic hydroxyl groups is 1. The number of piperazine rings is 1. The zero-order valence-electron chi connectivity index (χ0n) is 16.5. The number of carbonyl (C=O) groups is 1. The summed E-state index contributed by atoms with van der Waals surface area (Å²) in [5.74, 6) is -0.00108. The van der Waals surface area contributed by atoms with E-state index in [-0.39, 0.29) is 11.7 Å². The third-order valence-electron chi connectivity index (χ3n) is 4.87. The Bertz CT molecular complexity index is 846. The van der Waals surface area contributed by atoms with Crippen LogP contribution in [0.4, 0.5) is 0 Å². The van der Waals surface area contributed by atoms with Crippen LogP contribution in [0.25, 0.3) is 0 Å². The van der Waals surface area contributed by atoms with Crippen molar-refractivity contribution in [3.8, 4) is 5.75 Å². The van der Waals surface area contributed by atoms with Gasteiger partial charge in [-0.1, -0.05) is 24.3 Å².